The largest absolute Gasteiger partial charge is 0.370 e. The lowest BCUT2D eigenvalue weighted by Gasteiger charge is -1.97. The Morgan fingerprint density at radius 2 is 2.23 bits per heavy atom. The molecule has 0 unspecified atom stereocenters. The van der Waals surface area contributed by atoms with Gasteiger partial charge in [-0.05, 0) is 31.9 Å². The van der Waals surface area contributed by atoms with Crippen molar-refractivity contribution in [2.75, 3.05) is 0 Å². The Kier molecular flexibility index (Phi) is 3.37. The highest BCUT2D eigenvalue weighted by Gasteiger charge is 1.97. The molecule has 0 atom stereocenters. The van der Waals surface area contributed by atoms with Crippen LogP contribution in [0.3, 0.4) is 0 Å². The van der Waals surface area contributed by atoms with Crippen molar-refractivity contribution in [3.63, 3.8) is 0 Å². The molecule has 1 aromatic rings. The predicted octanol–water partition coefficient (Wildman–Crippen LogP) is 0.593. The van der Waals surface area contributed by atoms with E-state index in [0.29, 0.717) is 6.42 Å². The summed E-state index contributed by atoms with van der Waals surface area (Å²) in [5.41, 5.74) is 6.82. The first-order chi connectivity index (χ1) is 6.18. The second kappa shape index (κ2) is 4.54. The zero-order valence-corrected chi connectivity index (χ0v) is 7.66. The van der Waals surface area contributed by atoms with Crippen LogP contribution in [0.15, 0.2) is 12.1 Å². The molecule has 0 aromatic carbocycles. The van der Waals surface area contributed by atoms with Gasteiger partial charge in [-0.2, -0.15) is 10.2 Å². The molecule has 4 nitrogen and oxygen atoms in total. The molecule has 1 rings (SSSR count). The number of aryl methyl sites for hydroxylation is 2. The molecule has 13 heavy (non-hydrogen) atoms. The SMILES string of the molecule is Cc1ccc(CCCC(N)=O)nn1. The Labute approximate surface area is 77.2 Å². The number of aromatic nitrogens is 2. The Morgan fingerprint density at radius 1 is 1.46 bits per heavy atom. The molecule has 0 aliphatic heterocycles. The fourth-order valence-corrected chi connectivity index (χ4v) is 1.00. The maximum Gasteiger partial charge on any atom is 0.217 e. The summed E-state index contributed by atoms with van der Waals surface area (Å²) in [6, 6.07) is 3.83. The third-order valence-corrected chi connectivity index (χ3v) is 1.71. The lowest BCUT2D eigenvalue weighted by atomic mass is 10.2. The minimum absolute atomic E-state index is 0.264. The van der Waals surface area contributed by atoms with E-state index in [2.05, 4.69) is 10.2 Å². The van der Waals surface area contributed by atoms with Gasteiger partial charge in [-0.1, -0.05) is 0 Å². The van der Waals surface area contributed by atoms with E-state index in [-0.39, 0.29) is 5.91 Å². The molecule has 1 aromatic heterocycles. The summed E-state index contributed by atoms with van der Waals surface area (Å²) < 4.78 is 0. The Morgan fingerprint density at radius 3 is 2.77 bits per heavy atom. The molecular weight excluding hydrogens is 166 g/mol. The molecule has 0 fully saturated rings. The molecule has 0 radical (unpaired) electrons. The predicted molar refractivity (Wildman–Crippen MR) is 48.9 cm³/mol. The van der Waals surface area contributed by atoms with E-state index in [9.17, 15) is 4.79 Å². The second-order valence-corrected chi connectivity index (χ2v) is 2.99. The molecule has 0 saturated carbocycles. The van der Waals surface area contributed by atoms with E-state index < -0.39 is 0 Å². The van der Waals surface area contributed by atoms with E-state index in [1.807, 2.05) is 19.1 Å². The summed E-state index contributed by atoms with van der Waals surface area (Å²) in [5.74, 6) is -0.264. The van der Waals surface area contributed by atoms with Crippen LogP contribution in [0.5, 0.6) is 0 Å². The monoisotopic (exact) mass is 179 g/mol. The Hall–Kier alpha value is -1.45. The summed E-state index contributed by atoms with van der Waals surface area (Å²) >= 11 is 0. The van der Waals surface area contributed by atoms with Gasteiger partial charge < -0.3 is 5.73 Å². The zero-order valence-electron chi connectivity index (χ0n) is 7.66. The number of primary amides is 1. The number of hydrogen-bond donors (Lipinski definition) is 1. The third kappa shape index (κ3) is 3.64. The average Bonchev–Trinajstić information content (AvgIpc) is 2.08. The Bertz CT molecular complexity index is 281. The lowest BCUT2D eigenvalue weighted by molar-refractivity contribution is -0.118. The van der Waals surface area contributed by atoms with Crippen molar-refractivity contribution in [3.8, 4) is 0 Å². The highest BCUT2D eigenvalue weighted by atomic mass is 16.1. The average molecular weight is 179 g/mol. The highest BCUT2D eigenvalue weighted by molar-refractivity contribution is 5.73. The van der Waals surface area contributed by atoms with Gasteiger partial charge in [0.05, 0.1) is 11.4 Å². The molecule has 0 aliphatic carbocycles. The standard InChI is InChI=1S/C9H13N3O/c1-7-5-6-8(12-11-7)3-2-4-9(10)13/h5-6H,2-4H2,1H3,(H2,10,13). The fraction of sp³-hybridized carbons (Fsp3) is 0.444. The van der Waals surface area contributed by atoms with Crippen molar-refractivity contribution in [2.45, 2.75) is 26.2 Å². The van der Waals surface area contributed by atoms with Gasteiger partial charge in [0.15, 0.2) is 0 Å². The summed E-state index contributed by atoms with van der Waals surface area (Å²) in [4.78, 5) is 10.4. The fourth-order valence-electron chi connectivity index (χ4n) is 1.00. The van der Waals surface area contributed by atoms with E-state index >= 15 is 0 Å². The first kappa shape index (κ1) is 9.64. The van der Waals surface area contributed by atoms with Gasteiger partial charge >= 0.3 is 0 Å². The van der Waals surface area contributed by atoms with Crippen LogP contribution < -0.4 is 5.73 Å². The molecule has 0 spiro atoms. The highest BCUT2D eigenvalue weighted by Crippen LogP contribution is 2.00. The van der Waals surface area contributed by atoms with Crippen LogP contribution in [0.4, 0.5) is 0 Å². The lowest BCUT2D eigenvalue weighted by Crippen LogP contribution is -2.10. The topological polar surface area (TPSA) is 68.9 Å². The van der Waals surface area contributed by atoms with Crippen molar-refractivity contribution in [2.24, 2.45) is 5.73 Å². The van der Waals surface area contributed by atoms with E-state index in [0.717, 1.165) is 24.2 Å². The summed E-state index contributed by atoms with van der Waals surface area (Å²) in [6.45, 7) is 1.89. The van der Waals surface area contributed by atoms with Crippen LogP contribution in [0.2, 0.25) is 0 Å². The van der Waals surface area contributed by atoms with Crippen LogP contribution >= 0.6 is 0 Å². The molecule has 1 amide bonds. The van der Waals surface area contributed by atoms with Crippen LogP contribution in [0.25, 0.3) is 0 Å². The number of hydrogen-bond acceptors (Lipinski definition) is 3. The molecule has 0 saturated heterocycles. The van der Waals surface area contributed by atoms with Gasteiger partial charge in [0, 0.05) is 6.42 Å². The van der Waals surface area contributed by atoms with E-state index in [1.165, 1.54) is 0 Å². The summed E-state index contributed by atoms with van der Waals surface area (Å²) in [6.07, 6.45) is 1.92. The molecule has 2 N–H and O–H groups in total. The first-order valence-corrected chi connectivity index (χ1v) is 4.26. The maximum absolute atomic E-state index is 10.4. The quantitative estimate of drug-likeness (QED) is 0.735. The van der Waals surface area contributed by atoms with Crippen LogP contribution in [0.1, 0.15) is 24.2 Å². The Balaban J connectivity index is 2.37. The van der Waals surface area contributed by atoms with Crippen molar-refractivity contribution in [1.29, 1.82) is 0 Å². The van der Waals surface area contributed by atoms with Gasteiger partial charge in [-0.15, -0.1) is 0 Å². The van der Waals surface area contributed by atoms with Crippen molar-refractivity contribution in [3.05, 3.63) is 23.5 Å². The second-order valence-electron chi connectivity index (χ2n) is 2.99. The van der Waals surface area contributed by atoms with E-state index in [1.54, 1.807) is 0 Å². The van der Waals surface area contributed by atoms with Crippen LogP contribution in [-0.4, -0.2) is 16.1 Å². The smallest absolute Gasteiger partial charge is 0.217 e. The molecule has 0 aliphatic rings. The van der Waals surface area contributed by atoms with Crippen LogP contribution in [-0.2, 0) is 11.2 Å². The van der Waals surface area contributed by atoms with Gasteiger partial charge in [0.1, 0.15) is 0 Å². The number of carbonyl (C=O) groups excluding carboxylic acids is 1. The summed E-state index contributed by atoms with van der Waals surface area (Å²) in [5, 5.41) is 7.88. The molecular formula is C9H13N3O. The number of rotatable bonds is 4. The first-order valence-electron chi connectivity index (χ1n) is 4.26. The number of nitrogens with zero attached hydrogens (tertiary/aromatic N) is 2. The van der Waals surface area contributed by atoms with Crippen molar-refractivity contribution < 1.29 is 4.79 Å². The van der Waals surface area contributed by atoms with Crippen LogP contribution in [0, 0.1) is 6.92 Å². The molecule has 4 heteroatoms. The van der Waals surface area contributed by atoms with Crippen molar-refractivity contribution in [1.82, 2.24) is 10.2 Å². The van der Waals surface area contributed by atoms with E-state index in [4.69, 9.17) is 5.73 Å². The maximum atomic E-state index is 10.4. The third-order valence-electron chi connectivity index (χ3n) is 1.71. The number of carbonyl (C=O) groups is 1. The normalized spacial score (nSPS) is 9.92. The van der Waals surface area contributed by atoms with Gasteiger partial charge in [0.2, 0.25) is 5.91 Å². The van der Waals surface area contributed by atoms with Gasteiger partial charge in [-0.3, -0.25) is 4.79 Å². The minimum Gasteiger partial charge on any atom is -0.370 e. The molecule has 0 bridgehead atoms. The molecule has 1 heterocycles. The number of nitrogens with two attached hydrogens (primary N) is 1. The molecule has 70 valence electrons. The number of amides is 1. The minimum atomic E-state index is -0.264. The zero-order chi connectivity index (χ0) is 9.68. The van der Waals surface area contributed by atoms with Gasteiger partial charge in [0.25, 0.3) is 0 Å². The van der Waals surface area contributed by atoms with Crippen molar-refractivity contribution >= 4 is 5.91 Å². The van der Waals surface area contributed by atoms with Gasteiger partial charge in [-0.25, -0.2) is 0 Å². The summed E-state index contributed by atoms with van der Waals surface area (Å²) in [7, 11) is 0.